The fraction of sp³-hybridized carbons (Fsp3) is 0.304. The molecule has 1 heterocycles. The summed E-state index contributed by atoms with van der Waals surface area (Å²) in [6, 6.07) is 13.4. The fourth-order valence-corrected chi connectivity index (χ4v) is 3.00. The monoisotopic (exact) mass is 411 g/mol. The van der Waals surface area contributed by atoms with E-state index < -0.39 is 17.9 Å². The predicted molar refractivity (Wildman–Crippen MR) is 112 cm³/mol. The van der Waals surface area contributed by atoms with Gasteiger partial charge in [0.25, 0.3) is 5.91 Å². The van der Waals surface area contributed by atoms with E-state index in [4.69, 9.17) is 13.9 Å². The summed E-state index contributed by atoms with van der Waals surface area (Å²) in [6.45, 7) is 4.29. The Morgan fingerprint density at radius 1 is 1.13 bits per heavy atom. The number of methoxy groups -OCH3 is 1. The number of benzene rings is 2. The SMILES string of the molecule is COc1ccc2oc(C(=O)N[C@@H](COCc3cccc(C(C)C)c3)C(=O)O)cc2c1. The van der Waals surface area contributed by atoms with Gasteiger partial charge in [0.2, 0.25) is 0 Å². The fourth-order valence-electron chi connectivity index (χ4n) is 3.00. The number of carbonyl (C=O) groups is 2. The Morgan fingerprint density at radius 3 is 2.63 bits per heavy atom. The molecule has 0 fully saturated rings. The predicted octanol–water partition coefficient (Wildman–Crippen LogP) is 3.96. The molecule has 7 nitrogen and oxygen atoms in total. The molecule has 0 aliphatic rings. The summed E-state index contributed by atoms with van der Waals surface area (Å²) in [5, 5.41) is 12.6. The summed E-state index contributed by atoms with van der Waals surface area (Å²) in [7, 11) is 1.55. The Kier molecular flexibility index (Phi) is 6.74. The number of nitrogens with one attached hydrogen (secondary N) is 1. The maximum absolute atomic E-state index is 12.5. The van der Waals surface area contributed by atoms with Crippen LogP contribution < -0.4 is 10.1 Å². The van der Waals surface area contributed by atoms with Gasteiger partial charge in [0.05, 0.1) is 20.3 Å². The molecule has 0 saturated carbocycles. The molecule has 0 spiro atoms. The lowest BCUT2D eigenvalue weighted by Crippen LogP contribution is -2.43. The van der Waals surface area contributed by atoms with E-state index in [-0.39, 0.29) is 19.0 Å². The normalized spacial score (nSPS) is 12.1. The van der Waals surface area contributed by atoms with Crippen LogP contribution in [0.25, 0.3) is 11.0 Å². The second-order valence-corrected chi connectivity index (χ2v) is 7.29. The minimum atomic E-state index is -1.20. The lowest BCUT2D eigenvalue weighted by molar-refractivity contribution is -0.141. The van der Waals surface area contributed by atoms with Crippen LogP contribution >= 0.6 is 0 Å². The van der Waals surface area contributed by atoms with E-state index in [1.165, 1.54) is 5.56 Å². The first-order valence-corrected chi connectivity index (χ1v) is 9.65. The van der Waals surface area contributed by atoms with E-state index in [9.17, 15) is 14.7 Å². The Balaban J connectivity index is 1.62. The van der Waals surface area contributed by atoms with Crippen molar-refractivity contribution in [1.82, 2.24) is 5.32 Å². The minimum absolute atomic E-state index is 0.0223. The highest BCUT2D eigenvalue weighted by Gasteiger charge is 2.23. The number of aliphatic carboxylic acids is 1. The third kappa shape index (κ3) is 5.18. The number of hydrogen-bond acceptors (Lipinski definition) is 5. The highest BCUT2D eigenvalue weighted by Crippen LogP contribution is 2.24. The number of fused-ring (bicyclic) bond motifs is 1. The van der Waals surface area contributed by atoms with Crippen LogP contribution in [0.3, 0.4) is 0 Å². The average molecular weight is 411 g/mol. The lowest BCUT2D eigenvalue weighted by atomic mass is 10.0. The summed E-state index contributed by atoms with van der Waals surface area (Å²) in [6.07, 6.45) is 0. The van der Waals surface area contributed by atoms with Crippen molar-refractivity contribution in [3.8, 4) is 5.75 Å². The lowest BCUT2D eigenvalue weighted by Gasteiger charge is -2.14. The zero-order chi connectivity index (χ0) is 21.7. The van der Waals surface area contributed by atoms with Crippen LogP contribution in [0.4, 0.5) is 0 Å². The molecule has 0 aliphatic carbocycles. The Labute approximate surface area is 174 Å². The van der Waals surface area contributed by atoms with Gasteiger partial charge in [-0.2, -0.15) is 0 Å². The van der Waals surface area contributed by atoms with Gasteiger partial charge in [0.1, 0.15) is 11.3 Å². The van der Waals surface area contributed by atoms with Crippen LogP contribution in [0.1, 0.15) is 41.4 Å². The zero-order valence-electron chi connectivity index (χ0n) is 17.2. The van der Waals surface area contributed by atoms with Gasteiger partial charge in [0, 0.05) is 5.39 Å². The molecule has 2 N–H and O–H groups in total. The second kappa shape index (κ2) is 9.45. The van der Waals surface area contributed by atoms with Gasteiger partial charge in [-0.3, -0.25) is 4.79 Å². The van der Waals surface area contributed by atoms with E-state index in [0.29, 0.717) is 22.6 Å². The van der Waals surface area contributed by atoms with Crippen molar-refractivity contribution in [2.24, 2.45) is 0 Å². The molecular weight excluding hydrogens is 386 g/mol. The first-order chi connectivity index (χ1) is 14.4. The second-order valence-electron chi connectivity index (χ2n) is 7.29. The van der Waals surface area contributed by atoms with E-state index in [0.717, 1.165) is 5.56 Å². The summed E-state index contributed by atoms with van der Waals surface area (Å²) >= 11 is 0. The van der Waals surface area contributed by atoms with Gasteiger partial charge in [-0.1, -0.05) is 38.1 Å². The van der Waals surface area contributed by atoms with Crippen LogP contribution in [0.2, 0.25) is 0 Å². The molecular formula is C23H25NO6. The van der Waals surface area contributed by atoms with Crippen molar-refractivity contribution in [2.75, 3.05) is 13.7 Å². The molecule has 7 heteroatoms. The molecule has 0 bridgehead atoms. The van der Waals surface area contributed by atoms with Gasteiger partial charge in [-0.15, -0.1) is 0 Å². The molecule has 0 radical (unpaired) electrons. The van der Waals surface area contributed by atoms with Crippen molar-refractivity contribution in [3.05, 3.63) is 65.4 Å². The topological polar surface area (TPSA) is 98.0 Å². The van der Waals surface area contributed by atoms with Gasteiger partial charge >= 0.3 is 5.97 Å². The van der Waals surface area contributed by atoms with Crippen molar-refractivity contribution in [1.29, 1.82) is 0 Å². The first-order valence-electron chi connectivity index (χ1n) is 9.65. The molecule has 0 unspecified atom stereocenters. The summed E-state index contributed by atoms with van der Waals surface area (Å²) < 4.78 is 16.2. The molecule has 1 aromatic heterocycles. The largest absolute Gasteiger partial charge is 0.497 e. The van der Waals surface area contributed by atoms with Crippen LogP contribution in [0, 0.1) is 0 Å². The smallest absolute Gasteiger partial charge is 0.328 e. The highest BCUT2D eigenvalue weighted by molar-refractivity contribution is 5.98. The number of hydrogen-bond donors (Lipinski definition) is 2. The number of carboxylic acid groups (broad SMARTS) is 1. The number of rotatable bonds is 9. The average Bonchev–Trinajstić information content (AvgIpc) is 3.16. The number of ether oxygens (including phenoxy) is 2. The number of amides is 1. The van der Waals surface area contributed by atoms with Crippen LogP contribution in [-0.4, -0.2) is 36.7 Å². The zero-order valence-corrected chi connectivity index (χ0v) is 17.2. The summed E-state index contributed by atoms with van der Waals surface area (Å²) in [4.78, 5) is 24.0. The molecule has 3 aromatic rings. The molecule has 2 aromatic carbocycles. The standard InChI is InChI=1S/C23H25NO6/c1-14(2)16-6-4-5-15(9-16)12-29-13-19(23(26)27)24-22(25)21-11-17-10-18(28-3)7-8-20(17)30-21/h4-11,14,19H,12-13H2,1-3H3,(H,24,25)(H,26,27)/t19-/m0/s1. The number of carboxylic acids is 1. The number of carbonyl (C=O) groups excluding carboxylic acids is 1. The molecule has 3 rings (SSSR count). The van der Waals surface area contributed by atoms with E-state index in [2.05, 4.69) is 19.2 Å². The van der Waals surface area contributed by atoms with Crippen molar-refractivity contribution in [3.63, 3.8) is 0 Å². The molecule has 0 aliphatic heterocycles. The van der Waals surface area contributed by atoms with Gasteiger partial charge in [-0.05, 0) is 41.3 Å². The van der Waals surface area contributed by atoms with Crippen LogP contribution in [0.5, 0.6) is 5.75 Å². The molecule has 158 valence electrons. The third-order valence-corrected chi connectivity index (χ3v) is 4.72. The van der Waals surface area contributed by atoms with Gasteiger partial charge in [-0.25, -0.2) is 4.79 Å². The maximum Gasteiger partial charge on any atom is 0.328 e. The van der Waals surface area contributed by atoms with Crippen LogP contribution in [0.15, 0.2) is 52.9 Å². The Bertz CT molecular complexity index is 1040. The molecule has 30 heavy (non-hydrogen) atoms. The van der Waals surface area contributed by atoms with Gasteiger partial charge < -0.3 is 24.3 Å². The minimum Gasteiger partial charge on any atom is -0.497 e. The van der Waals surface area contributed by atoms with Crippen molar-refractivity contribution >= 4 is 22.8 Å². The van der Waals surface area contributed by atoms with E-state index >= 15 is 0 Å². The third-order valence-electron chi connectivity index (χ3n) is 4.72. The highest BCUT2D eigenvalue weighted by atomic mass is 16.5. The number of furan rings is 1. The van der Waals surface area contributed by atoms with Gasteiger partial charge in [0.15, 0.2) is 11.8 Å². The summed E-state index contributed by atoms with van der Waals surface area (Å²) in [5.74, 6) is -0.762. The molecule has 1 amide bonds. The Hall–Kier alpha value is -3.32. The quantitative estimate of drug-likeness (QED) is 0.553. The summed E-state index contributed by atoms with van der Waals surface area (Å²) in [5.41, 5.74) is 2.64. The Morgan fingerprint density at radius 2 is 1.93 bits per heavy atom. The first kappa shape index (κ1) is 21.4. The van der Waals surface area contributed by atoms with E-state index in [1.54, 1.807) is 31.4 Å². The molecule has 0 saturated heterocycles. The van der Waals surface area contributed by atoms with E-state index in [1.807, 2.05) is 24.3 Å². The van der Waals surface area contributed by atoms with Crippen molar-refractivity contribution < 1.29 is 28.6 Å². The maximum atomic E-state index is 12.5. The van der Waals surface area contributed by atoms with Crippen LogP contribution in [-0.2, 0) is 16.1 Å². The van der Waals surface area contributed by atoms with Crippen molar-refractivity contribution in [2.45, 2.75) is 32.4 Å². The molecule has 1 atom stereocenters.